The molecule has 1 aromatic heterocycles. The second-order valence-electron chi connectivity index (χ2n) is 6.41. The van der Waals surface area contributed by atoms with E-state index in [2.05, 4.69) is 30.7 Å². The highest BCUT2D eigenvalue weighted by Crippen LogP contribution is 2.26. The minimum atomic E-state index is -0.152. The van der Waals surface area contributed by atoms with Gasteiger partial charge in [0.1, 0.15) is 18.2 Å². The predicted octanol–water partition coefficient (Wildman–Crippen LogP) is 2.61. The lowest BCUT2D eigenvalue weighted by atomic mass is 9.95. The van der Waals surface area contributed by atoms with Crippen molar-refractivity contribution in [2.45, 2.75) is 58.5 Å². The molecular weight excluding hydrogens is 254 g/mol. The third kappa shape index (κ3) is 3.60. The summed E-state index contributed by atoms with van der Waals surface area (Å²) < 4.78 is 11.5. The van der Waals surface area contributed by atoms with Crippen molar-refractivity contribution in [3.8, 4) is 5.88 Å². The molecule has 2 N–H and O–H groups in total. The third-order valence-electron chi connectivity index (χ3n) is 3.49. The molecule has 112 valence electrons. The van der Waals surface area contributed by atoms with Gasteiger partial charge in [0.25, 0.3) is 0 Å². The normalized spacial score (nSPS) is 19.9. The van der Waals surface area contributed by atoms with Crippen LogP contribution < -0.4 is 10.5 Å². The van der Waals surface area contributed by atoms with Gasteiger partial charge in [0.2, 0.25) is 5.88 Å². The maximum atomic E-state index is 5.96. The van der Waals surface area contributed by atoms with Gasteiger partial charge < -0.3 is 15.2 Å². The number of rotatable bonds is 3. The SMILES string of the molecule is Cc1c(N)nc(C(C)(C)C)nc1OCC1CCCCO1. The molecule has 5 nitrogen and oxygen atoms in total. The molecule has 5 heteroatoms. The quantitative estimate of drug-likeness (QED) is 0.921. The van der Waals surface area contributed by atoms with Crippen molar-refractivity contribution < 1.29 is 9.47 Å². The molecule has 1 saturated heterocycles. The Labute approximate surface area is 120 Å². The second-order valence-corrected chi connectivity index (χ2v) is 6.41. The number of aromatic nitrogens is 2. The Hall–Kier alpha value is -1.36. The van der Waals surface area contributed by atoms with Crippen LogP contribution in [-0.2, 0) is 10.2 Å². The highest BCUT2D eigenvalue weighted by molar-refractivity contribution is 5.45. The van der Waals surface area contributed by atoms with Gasteiger partial charge in [-0.05, 0) is 26.2 Å². The van der Waals surface area contributed by atoms with E-state index in [1.807, 2.05) is 6.92 Å². The van der Waals surface area contributed by atoms with Gasteiger partial charge in [-0.2, -0.15) is 4.98 Å². The summed E-state index contributed by atoms with van der Waals surface area (Å²) in [5.41, 5.74) is 6.61. The molecule has 0 saturated carbocycles. The lowest BCUT2D eigenvalue weighted by Crippen LogP contribution is -2.27. The molecule has 1 aliphatic rings. The Bertz CT molecular complexity index is 463. The standard InChI is InChI=1S/C15H25N3O2/c1-10-12(16)17-14(15(2,3)4)18-13(10)20-9-11-7-5-6-8-19-11/h11H,5-9H2,1-4H3,(H2,16,17,18). The minimum Gasteiger partial charge on any atom is -0.475 e. The fourth-order valence-corrected chi connectivity index (χ4v) is 2.10. The fourth-order valence-electron chi connectivity index (χ4n) is 2.10. The molecule has 20 heavy (non-hydrogen) atoms. The highest BCUT2D eigenvalue weighted by Gasteiger charge is 2.22. The van der Waals surface area contributed by atoms with Crippen molar-refractivity contribution in [2.24, 2.45) is 0 Å². The summed E-state index contributed by atoms with van der Waals surface area (Å²) >= 11 is 0. The lowest BCUT2D eigenvalue weighted by Gasteiger charge is -2.24. The molecule has 0 amide bonds. The van der Waals surface area contributed by atoms with Crippen molar-refractivity contribution in [1.29, 1.82) is 0 Å². The molecule has 1 atom stereocenters. The van der Waals surface area contributed by atoms with Crippen molar-refractivity contribution >= 4 is 5.82 Å². The van der Waals surface area contributed by atoms with Crippen LogP contribution >= 0.6 is 0 Å². The van der Waals surface area contributed by atoms with Crippen LogP contribution in [0.1, 0.15) is 51.4 Å². The summed E-state index contributed by atoms with van der Waals surface area (Å²) in [6.07, 6.45) is 3.56. The first-order valence-electron chi connectivity index (χ1n) is 7.27. The van der Waals surface area contributed by atoms with E-state index < -0.39 is 0 Å². The molecule has 1 aliphatic heterocycles. The summed E-state index contributed by atoms with van der Waals surface area (Å²) in [7, 11) is 0. The van der Waals surface area contributed by atoms with E-state index in [9.17, 15) is 0 Å². The molecule has 2 rings (SSSR count). The van der Waals surface area contributed by atoms with Gasteiger partial charge in [-0.1, -0.05) is 20.8 Å². The summed E-state index contributed by atoms with van der Waals surface area (Å²) in [6.45, 7) is 9.42. The van der Waals surface area contributed by atoms with E-state index >= 15 is 0 Å². The monoisotopic (exact) mass is 279 g/mol. The van der Waals surface area contributed by atoms with Crippen LogP contribution in [0.15, 0.2) is 0 Å². The summed E-state index contributed by atoms with van der Waals surface area (Å²) in [5, 5.41) is 0. The van der Waals surface area contributed by atoms with Crippen LogP contribution in [0.25, 0.3) is 0 Å². The molecule has 0 bridgehead atoms. The van der Waals surface area contributed by atoms with Gasteiger partial charge in [0, 0.05) is 12.0 Å². The molecule has 2 heterocycles. The minimum absolute atomic E-state index is 0.152. The molecule has 1 unspecified atom stereocenters. The second kappa shape index (κ2) is 5.95. The molecule has 0 aromatic carbocycles. The van der Waals surface area contributed by atoms with Crippen LogP contribution in [-0.4, -0.2) is 29.3 Å². The molecule has 1 aromatic rings. The zero-order valence-electron chi connectivity index (χ0n) is 12.9. The number of nitrogen functional groups attached to an aromatic ring is 1. The molecule has 1 fully saturated rings. The Morgan fingerprint density at radius 2 is 2.05 bits per heavy atom. The first-order chi connectivity index (χ1) is 9.38. The van der Waals surface area contributed by atoms with Crippen LogP contribution in [0.3, 0.4) is 0 Å². The van der Waals surface area contributed by atoms with Crippen molar-refractivity contribution in [3.05, 3.63) is 11.4 Å². The topological polar surface area (TPSA) is 70.3 Å². The Balaban J connectivity index is 2.11. The van der Waals surface area contributed by atoms with Crippen LogP contribution in [0.2, 0.25) is 0 Å². The van der Waals surface area contributed by atoms with E-state index in [1.165, 1.54) is 6.42 Å². The Morgan fingerprint density at radius 1 is 1.30 bits per heavy atom. The number of nitrogens with two attached hydrogens (primary N) is 1. The van der Waals surface area contributed by atoms with Crippen molar-refractivity contribution in [3.63, 3.8) is 0 Å². The number of hydrogen-bond acceptors (Lipinski definition) is 5. The number of anilines is 1. The van der Waals surface area contributed by atoms with E-state index in [1.54, 1.807) is 0 Å². The Kier molecular flexibility index (Phi) is 4.48. The van der Waals surface area contributed by atoms with Crippen LogP contribution in [0.5, 0.6) is 5.88 Å². The number of nitrogens with zero attached hydrogens (tertiary/aromatic N) is 2. The molecule has 0 radical (unpaired) electrons. The first kappa shape index (κ1) is 15.0. The Morgan fingerprint density at radius 3 is 2.65 bits per heavy atom. The summed E-state index contributed by atoms with van der Waals surface area (Å²) in [4.78, 5) is 8.87. The van der Waals surface area contributed by atoms with Gasteiger partial charge in [-0.3, -0.25) is 0 Å². The largest absolute Gasteiger partial charge is 0.475 e. The van der Waals surface area contributed by atoms with Crippen molar-refractivity contribution in [1.82, 2.24) is 9.97 Å². The van der Waals surface area contributed by atoms with Crippen LogP contribution in [0, 0.1) is 6.92 Å². The van der Waals surface area contributed by atoms with Gasteiger partial charge in [-0.15, -0.1) is 0 Å². The first-order valence-corrected chi connectivity index (χ1v) is 7.27. The predicted molar refractivity (Wildman–Crippen MR) is 79.0 cm³/mol. The maximum Gasteiger partial charge on any atom is 0.221 e. The number of hydrogen-bond donors (Lipinski definition) is 1. The average Bonchev–Trinajstić information content (AvgIpc) is 2.40. The molecular formula is C15H25N3O2. The zero-order chi connectivity index (χ0) is 14.8. The molecule has 0 aliphatic carbocycles. The van der Waals surface area contributed by atoms with Gasteiger partial charge in [0.05, 0.1) is 11.7 Å². The maximum absolute atomic E-state index is 5.96. The van der Waals surface area contributed by atoms with Crippen LogP contribution in [0.4, 0.5) is 5.82 Å². The third-order valence-corrected chi connectivity index (χ3v) is 3.49. The van der Waals surface area contributed by atoms with E-state index in [0.717, 1.165) is 25.0 Å². The van der Waals surface area contributed by atoms with Crippen molar-refractivity contribution in [2.75, 3.05) is 18.9 Å². The highest BCUT2D eigenvalue weighted by atomic mass is 16.5. The van der Waals surface area contributed by atoms with Gasteiger partial charge >= 0.3 is 0 Å². The summed E-state index contributed by atoms with van der Waals surface area (Å²) in [5.74, 6) is 1.78. The zero-order valence-corrected chi connectivity index (χ0v) is 12.9. The lowest BCUT2D eigenvalue weighted by molar-refractivity contribution is -0.0121. The van der Waals surface area contributed by atoms with E-state index in [0.29, 0.717) is 24.1 Å². The van der Waals surface area contributed by atoms with E-state index in [4.69, 9.17) is 15.2 Å². The average molecular weight is 279 g/mol. The molecule has 0 spiro atoms. The van der Waals surface area contributed by atoms with Gasteiger partial charge in [-0.25, -0.2) is 4.98 Å². The smallest absolute Gasteiger partial charge is 0.221 e. The fraction of sp³-hybridized carbons (Fsp3) is 0.733. The van der Waals surface area contributed by atoms with Gasteiger partial charge in [0.15, 0.2) is 0 Å². The summed E-state index contributed by atoms with van der Waals surface area (Å²) in [6, 6.07) is 0. The number of ether oxygens (including phenoxy) is 2. The van der Waals surface area contributed by atoms with E-state index in [-0.39, 0.29) is 11.5 Å².